The van der Waals surface area contributed by atoms with E-state index in [0.29, 0.717) is 18.1 Å². The van der Waals surface area contributed by atoms with E-state index >= 15 is 0 Å². The van der Waals surface area contributed by atoms with Crippen molar-refractivity contribution in [2.24, 2.45) is 11.7 Å². The molecule has 0 saturated carbocycles. The first kappa shape index (κ1) is 12.9. The second-order valence-corrected chi connectivity index (χ2v) is 4.89. The molecule has 2 atom stereocenters. The van der Waals surface area contributed by atoms with Crippen LogP contribution in [0.1, 0.15) is 39.5 Å². The summed E-state index contributed by atoms with van der Waals surface area (Å²) in [6.45, 7) is 7.30. The van der Waals surface area contributed by atoms with Crippen LogP contribution in [0.5, 0.6) is 0 Å². The molecule has 1 aliphatic rings. The predicted octanol–water partition coefficient (Wildman–Crippen LogP) is 1.52. The normalized spacial score (nSPS) is 24.4. The van der Waals surface area contributed by atoms with Crippen LogP contribution in [-0.4, -0.2) is 31.8 Å². The summed E-state index contributed by atoms with van der Waals surface area (Å²) in [7, 11) is 0. The van der Waals surface area contributed by atoms with Crippen molar-refractivity contribution in [3.8, 4) is 0 Å². The van der Waals surface area contributed by atoms with E-state index in [9.17, 15) is 0 Å². The molecule has 3 nitrogen and oxygen atoms in total. The molecule has 0 bridgehead atoms. The first-order valence-electron chi connectivity index (χ1n) is 6.28. The maximum Gasteiger partial charge on any atom is 0.0699 e. The molecular weight excluding hydrogens is 188 g/mol. The first-order chi connectivity index (χ1) is 7.20. The molecule has 0 aromatic carbocycles. The van der Waals surface area contributed by atoms with E-state index in [4.69, 9.17) is 10.5 Å². The highest BCUT2D eigenvalue weighted by Gasteiger charge is 2.13. The molecule has 90 valence electrons. The average molecular weight is 214 g/mol. The van der Waals surface area contributed by atoms with Gasteiger partial charge in [0.2, 0.25) is 0 Å². The maximum absolute atomic E-state index is 5.96. The molecule has 2 unspecified atom stereocenters. The molecule has 1 fully saturated rings. The Morgan fingerprint density at radius 2 is 2.20 bits per heavy atom. The molecule has 0 aromatic rings. The highest BCUT2D eigenvalue weighted by Crippen LogP contribution is 2.11. The van der Waals surface area contributed by atoms with Gasteiger partial charge in [-0.3, -0.25) is 0 Å². The molecule has 1 saturated heterocycles. The Morgan fingerprint density at radius 1 is 1.40 bits per heavy atom. The van der Waals surface area contributed by atoms with Crippen LogP contribution in [0.3, 0.4) is 0 Å². The van der Waals surface area contributed by atoms with Gasteiger partial charge in [-0.05, 0) is 38.1 Å². The average Bonchev–Trinajstić information content (AvgIpc) is 2.25. The Balaban J connectivity index is 1.96. The van der Waals surface area contributed by atoms with Crippen LogP contribution in [0.2, 0.25) is 0 Å². The third-order valence-electron chi connectivity index (χ3n) is 3.16. The molecule has 0 aromatic heterocycles. The second-order valence-electron chi connectivity index (χ2n) is 4.89. The van der Waals surface area contributed by atoms with Crippen LogP contribution < -0.4 is 11.1 Å². The highest BCUT2D eigenvalue weighted by molar-refractivity contribution is 4.69. The smallest absolute Gasteiger partial charge is 0.0699 e. The van der Waals surface area contributed by atoms with Crippen LogP contribution in [0, 0.1) is 5.92 Å². The van der Waals surface area contributed by atoms with E-state index < -0.39 is 0 Å². The first-order valence-corrected chi connectivity index (χ1v) is 6.28. The van der Waals surface area contributed by atoms with Gasteiger partial charge in [0.25, 0.3) is 0 Å². The Morgan fingerprint density at radius 3 is 2.80 bits per heavy atom. The topological polar surface area (TPSA) is 47.3 Å². The summed E-state index contributed by atoms with van der Waals surface area (Å²) in [5.41, 5.74) is 5.96. The summed E-state index contributed by atoms with van der Waals surface area (Å²) in [5, 5.41) is 3.44. The predicted molar refractivity (Wildman–Crippen MR) is 63.9 cm³/mol. The van der Waals surface area contributed by atoms with Crippen LogP contribution in [-0.2, 0) is 4.74 Å². The molecule has 1 heterocycles. The zero-order chi connectivity index (χ0) is 11.1. The fourth-order valence-corrected chi connectivity index (χ4v) is 1.83. The monoisotopic (exact) mass is 214 g/mol. The van der Waals surface area contributed by atoms with Gasteiger partial charge in [0.1, 0.15) is 0 Å². The number of ether oxygens (including phenoxy) is 1. The van der Waals surface area contributed by atoms with E-state index in [1.807, 2.05) is 0 Å². The van der Waals surface area contributed by atoms with E-state index in [1.165, 1.54) is 19.3 Å². The van der Waals surface area contributed by atoms with Crippen molar-refractivity contribution >= 4 is 0 Å². The molecular formula is C12H26N2O. The van der Waals surface area contributed by atoms with Gasteiger partial charge in [-0.25, -0.2) is 0 Å². The third kappa shape index (κ3) is 5.50. The van der Waals surface area contributed by atoms with Crippen molar-refractivity contribution in [2.75, 3.05) is 19.7 Å². The van der Waals surface area contributed by atoms with E-state index in [2.05, 4.69) is 19.2 Å². The lowest BCUT2D eigenvalue weighted by molar-refractivity contribution is 0.0169. The molecule has 3 N–H and O–H groups in total. The van der Waals surface area contributed by atoms with Crippen molar-refractivity contribution in [2.45, 2.75) is 51.7 Å². The molecule has 0 radical (unpaired) electrons. The van der Waals surface area contributed by atoms with Crippen molar-refractivity contribution in [1.29, 1.82) is 0 Å². The SMILES string of the molecule is CC(C)C(N)CCNCC1CCCCO1. The van der Waals surface area contributed by atoms with Gasteiger partial charge in [0, 0.05) is 19.2 Å². The van der Waals surface area contributed by atoms with Gasteiger partial charge >= 0.3 is 0 Å². The number of nitrogens with two attached hydrogens (primary N) is 1. The molecule has 1 aliphatic heterocycles. The minimum atomic E-state index is 0.324. The molecule has 0 spiro atoms. The van der Waals surface area contributed by atoms with Gasteiger partial charge in [-0.1, -0.05) is 13.8 Å². The Bertz CT molecular complexity index is 156. The van der Waals surface area contributed by atoms with E-state index in [1.54, 1.807) is 0 Å². The zero-order valence-corrected chi connectivity index (χ0v) is 10.2. The number of rotatable bonds is 6. The summed E-state index contributed by atoms with van der Waals surface area (Å²) >= 11 is 0. The van der Waals surface area contributed by atoms with Crippen LogP contribution in [0.15, 0.2) is 0 Å². The van der Waals surface area contributed by atoms with Gasteiger partial charge in [0.05, 0.1) is 6.10 Å². The Kier molecular flexibility index (Phi) is 6.22. The van der Waals surface area contributed by atoms with Crippen molar-refractivity contribution in [1.82, 2.24) is 5.32 Å². The lowest BCUT2D eigenvalue weighted by atomic mass is 10.0. The number of hydrogen-bond donors (Lipinski definition) is 2. The Hall–Kier alpha value is -0.120. The number of nitrogens with one attached hydrogen (secondary N) is 1. The summed E-state index contributed by atoms with van der Waals surface area (Å²) < 4.78 is 5.64. The second kappa shape index (κ2) is 7.20. The summed E-state index contributed by atoms with van der Waals surface area (Å²) in [4.78, 5) is 0. The lowest BCUT2D eigenvalue weighted by Crippen LogP contribution is -2.35. The molecule has 1 rings (SSSR count). The van der Waals surface area contributed by atoms with Gasteiger partial charge in [0.15, 0.2) is 0 Å². The van der Waals surface area contributed by atoms with Crippen LogP contribution >= 0.6 is 0 Å². The molecule has 15 heavy (non-hydrogen) atoms. The largest absolute Gasteiger partial charge is 0.377 e. The van der Waals surface area contributed by atoms with E-state index in [0.717, 1.165) is 26.1 Å². The summed E-state index contributed by atoms with van der Waals surface area (Å²) in [6.07, 6.45) is 5.26. The van der Waals surface area contributed by atoms with Crippen molar-refractivity contribution < 1.29 is 4.74 Å². The van der Waals surface area contributed by atoms with Gasteiger partial charge < -0.3 is 15.8 Å². The highest BCUT2D eigenvalue weighted by atomic mass is 16.5. The Labute approximate surface area is 93.8 Å². The standard InChI is InChI=1S/C12H26N2O/c1-10(2)12(13)6-7-14-9-11-5-3-4-8-15-11/h10-12,14H,3-9,13H2,1-2H3. The van der Waals surface area contributed by atoms with Crippen LogP contribution in [0.25, 0.3) is 0 Å². The summed E-state index contributed by atoms with van der Waals surface area (Å²) in [5.74, 6) is 0.581. The fourth-order valence-electron chi connectivity index (χ4n) is 1.83. The number of hydrogen-bond acceptors (Lipinski definition) is 3. The van der Waals surface area contributed by atoms with E-state index in [-0.39, 0.29) is 0 Å². The minimum Gasteiger partial charge on any atom is -0.377 e. The van der Waals surface area contributed by atoms with Crippen molar-refractivity contribution in [3.63, 3.8) is 0 Å². The quantitative estimate of drug-likeness (QED) is 0.659. The van der Waals surface area contributed by atoms with Crippen molar-refractivity contribution in [3.05, 3.63) is 0 Å². The zero-order valence-electron chi connectivity index (χ0n) is 10.2. The minimum absolute atomic E-state index is 0.324. The fraction of sp³-hybridized carbons (Fsp3) is 1.00. The third-order valence-corrected chi connectivity index (χ3v) is 3.16. The molecule has 0 amide bonds. The molecule has 0 aliphatic carbocycles. The van der Waals surface area contributed by atoms with Gasteiger partial charge in [-0.2, -0.15) is 0 Å². The maximum atomic E-state index is 5.96. The summed E-state index contributed by atoms with van der Waals surface area (Å²) in [6, 6.07) is 0.324. The van der Waals surface area contributed by atoms with Gasteiger partial charge in [-0.15, -0.1) is 0 Å². The molecule has 3 heteroatoms. The van der Waals surface area contributed by atoms with Crippen LogP contribution in [0.4, 0.5) is 0 Å². The lowest BCUT2D eigenvalue weighted by Gasteiger charge is -2.23.